The molecule has 1 amide bonds. The highest BCUT2D eigenvalue weighted by atomic mass is 16.5. The number of hydrogen-bond donors (Lipinski definition) is 1. The van der Waals surface area contributed by atoms with Gasteiger partial charge in [-0.1, -0.05) is 43.3 Å². The van der Waals surface area contributed by atoms with Crippen LogP contribution in [0.1, 0.15) is 42.2 Å². The zero-order chi connectivity index (χ0) is 15.1. The Morgan fingerprint density at radius 3 is 2.62 bits per heavy atom. The van der Waals surface area contributed by atoms with Crippen molar-refractivity contribution in [2.24, 2.45) is 0 Å². The molecule has 0 bridgehead atoms. The molecule has 0 aliphatic heterocycles. The van der Waals surface area contributed by atoms with Crippen molar-refractivity contribution >= 4 is 5.91 Å². The Kier molecular flexibility index (Phi) is 5.38. The minimum atomic E-state index is -0.0895. The zero-order valence-corrected chi connectivity index (χ0v) is 12.5. The van der Waals surface area contributed by atoms with E-state index in [-0.39, 0.29) is 11.9 Å². The highest BCUT2D eigenvalue weighted by Crippen LogP contribution is 2.16. The number of rotatable bonds is 6. The first-order valence-corrected chi connectivity index (χ1v) is 7.29. The van der Waals surface area contributed by atoms with Crippen LogP contribution in [0, 0.1) is 0 Å². The molecule has 2 aromatic rings. The van der Waals surface area contributed by atoms with E-state index < -0.39 is 0 Å². The van der Waals surface area contributed by atoms with Gasteiger partial charge in [0.15, 0.2) is 0 Å². The standard InChI is InChI=1S/C18H21NO2/c1-3-12-21-17-11-7-10-16(13-17)18(20)19-14(2)15-8-5-4-6-9-15/h4-11,13-14H,3,12H2,1-2H3,(H,19,20)/t14-/m0/s1. The van der Waals surface area contributed by atoms with Crippen molar-refractivity contribution in [3.05, 3.63) is 65.7 Å². The average molecular weight is 283 g/mol. The number of hydrogen-bond acceptors (Lipinski definition) is 2. The summed E-state index contributed by atoms with van der Waals surface area (Å²) in [6.45, 7) is 4.69. The van der Waals surface area contributed by atoms with Crippen LogP contribution in [0.5, 0.6) is 5.75 Å². The fourth-order valence-electron chi connectivity index (χ4n) is 2.05. The molecule has 0 aliphatic rings. The molecule has 2 aromatic carbocycles. The van der Waals surface area contributed by atoms with Crippen molar-refractivity contribution < 1.29 is 9.53 Å². The predicted molar refractivity (Wildman–Crippen MR) is 84.6 cm³/mol. The molecule has 21 heavy (non-hydrogen) atoms. The van der Waals surface area contributed by atoms with Crippen LogP contribution in [0.25, 0.3) is 0 Å². The van der Waals surface area contributed by atoms with Gasteiger partial charge in [0.1, 0.15) is 5.75 Å². The summed E-state index contributed by atoms with van der Waals surface area (Å²) in [6, 6.07) is 17.2. The Morgan fingerprint density at radius 2 is 1.90 bits per heavy atom. The van der Waals surface area contributed by atoms with Crippen molar-refractivity contribution in [1.29, 1.82) is 0 Å². The van der Waals surface area contributed by atoms with Gasteiger partial charge in [0.25, 0.3) is 5.91 Å². The molecule has 2 rings (SSSR count). The van der Waals surface area contributed by atoms with Crippen LogP contribution in [0.3, 0.4) is 0 Å². The second-order valence-corrected chi connectivity index (χ2v) is 4.98. The maximum absolute atomic E-state index is 12.3. The molecule has 0 heterocycles. The Hall–Kier alpha value is -2.29. The van der Waals surface area contributed by atoms with Crippen LogP contribution < -0.4 is 10.1 Å². The maximum atomic E-state index is 12.3. The Labute approximate surface area is 126 Å². The van der Waals surface area contributed by atoms with Gasteiger partial charge in [-0.2, -0.15) is 0 Å². The summed E-state index contributed by atoms with van der Waals surface area (Å²) in [5.74, 6) is 0.644. The molecule has 0 saturated carbocycles. The van der Waals surface area contributed by atoms with E-state index in [9.17, 15) is 4.79 Å². The SMILES string of the molecule is CCCOc1cccc(C(=O)N[C@@H](C)c2ccccc2)c1. The molecule has 0 saturated heterocycles. The van der Waals surface area contributed by atoms with E-state index in [1.54, 1.807) is 12.1 Å². The average Bonchev–Trinajstić information content (AvgIpc) is 2.54. The quantitative estimate of drug-likeness (QED) is 0.871. The lowest BCUT2D eigenvalue weighted by atomic mass is 10.1. The van der Waals surface area contributed by atoms with E-state index >= 15 is 0 Å². The third-order valence-corrected chi connectivity index (χ3v) is 3.22. The van der Waals surface area contributed by atoms with E-state index in [4.69, 9.17) is 4.74 Å². The number of carbonyl (C=O) groups excluding carboxylic acids is 1. The van der Waals surface area contributed by atoms with E-state index in [0.29, 0.717) is 12.2 Å². The van der Waals surface area contributed by atoms with Gasteiger partial charge in [0, 0.05) is 5.56 Å². The van der Waals surface area contributed by atoms with Gasteiger partial charge in [-0.05, 0) is 37.1 Å². The fourth-order valence-corrected chi connectivity index (χ4v) is 2.05. The first kappa shape index (κ1) is 15.1. The number of carbonyl (C=O) groups is 1. The molecular weight excluding hydrogens is 262 g/mol. The van der Waals surface area contributed by atoms with Crippen LogP contribution >= 0.6 is 0 Å². The molecule has 0 aromatic heterocycles. The molecule has 0 spiro atoms. The molecule has 0 radical (unpaired) electrons. The number of nitrogens with one attached hydrogen (secondary N) is 1. The summed E-state index contributed by atoms with van der Waals surface area (Å²) < 4.78 is 5.56. The van der Waals surface area contributed by atoms with Crippen molar-refractivity contribution in [2.75, 3.05) is 6.61 Å². The van der Waals surface area contributed by atoms with Gasteiger partial charge in [-0.25, -0.2) is 0 Å². The maximum Gasteiger partial charge on any atom is 0.251 e. The molecular formula is C18H21NO2. The van der Waals surface area contributed by atoms with Crippen LogP contribution in [0.4, 0.5) is 0 Å². The Morgan fingerprint density at radius 1 is 1.14 bits per heavy atom. The van der Waals surface area contributed by atoms with Crippen molar-refractivity contribution in [1.82, 2.24) is 5.32 Å². The highest BCUT2D eigenvalue weighted by molar-refractivity contribution is 5.94. The van der Waals surface area contributed by atoms with Crippen LogP contribution in [-0.4, -0.2) is 12.5 Å². The molecule has 3 heteroatoms. The fraction of sp³-hybridized carbons (Fsp3) is 0.278. The predicted octanol–water partition coefficient (Wildman–Crippen LogP) is 3.97. The minimum Gasteiger partial charge on any atom is -0.494 e. The summed E-state index contributed by atoms with van der Waals surface area (Å²) in [7, 11) is 0. The van der Waals surface area contributed by atoms with Crippen molar-refractivity contribution in [2.45, 2.75) is 26.3 Å². The largest absolute Gasteiger partial charge is 0.494 e. The van der Waals surface area contributed by atoms with Gasteiger partial charge >= 0.3 is 0 Å². The smallest absolute Gasteiger partial charge is 0.251 e. The molecule has 3 nitrogen and oxygen atoms in total. The van der Waals surface area contributed by atoms with Gasteiger partial charge in [-0.15, -0.1) is 0 Å². The highest BCUT2D eigenvalue weighted by Gasteiger charge is 2.11. The van der Waals surface area contributed by atoms with E-state index in [1.165, 1.54) is 0 Å². The van der Waals surface area contributed by atoms with Gasteiger partial charge in [-0.3, -0.25) is 4.79 Å². The van der Waals surface area contributed by atoms with Gasteiger partial charge in [0.2, 0.25) is 0 Å². The van der Waals surface area contributed by atoms with Crippen LogP contribution in [-0.2, 0) is 0 Å². The summed E-state index contributed by atoms with van der Waals surface area (Å²) in [5.41, 5.74) is 1.70. The molecule has 0 fully saturated rings. The lowest BCUT2D eigenvalue weighted by Gasteiger charge is -2.14. The molecule has 0 unspecified atom stereocenters. The number of ether oxygens (including phenoxy) is 1. The van der Waals surface area contributed by atoms with E-state index in [2.05, 4.69) is 12.2 Å². The number of amides is 1. The van der Waals surface area contributed by atoms with Crippen LogP contribution in [0.2, 0.25) is 0 Å². The zero-order valence-electron chi connectivity index (χ0n) is 12.5. The lowest BCUT2D eigenvalue weighted by Crippen LogP contribution is -2.26. The number of benzene rings is 2. The third-order valence-electron chi connectivity index (χ3n) is 3.22. The van der Waals surface area contributed by atoms with Gasteiger partial charge < -0.3 is 10.1 Å². The monoisotopic (exact) mass is 283 g/mol. The second-order valence-electron chi connectivity index (χ2n) is 4.98. The van der Waals surface area contributed by atoms with Crippen molar-refractivity contribution in [3.63, 3.8) is 0 Å². The minimum absolute atomic E-state index is 0.0288. The molecule has 0 aliphatic carbocycles. The summed E-state index contributed by atoms with van der Waals surface area (Å²) in [5, 5.41) is 3.00. The molecule has 1 atom stereocenters. The topological polar surface area (TPSA) is 38.3 Å². The third kappa shape index (κ3) is 4.35. The van der Waals surface area contributed by atoms with Crippen molar-refractivity contribution in [3.8, 4) is 5.75 Å². The van der Waals surface area contributed by atoms with E-state index in [0.717, 1.165) is 17.7 Å². The Balaban J connectivity index is 2.03. The second kappa shape index (κ2) is 7.48. The first-order valence-electron chi connectivity index (χ1n) is 7.29. The molecule has 110 valence electrons. The van der Waals surface area contributed by atoms with Gasteiger partial charge in [0.05, 0.1) is 12.6 Å². The normalized spacial score (nSPS) is 11.7. The van der Waals surface area contributed by atoms with Crippen LogP contribution in [0.15, 0.2) is 54.6 Å². The lowest BCUT2D eigenvalue weighted by molar-refractivity contribution is 0.0939. The Bertz CT molecular complexity index is 581. The molecule has 1 N–H and O–H groups in total. The van der Waals surface area contributed by atoms with E-state index in [1.807, 2.05) is 49.4 Å². The first-order chi connectivity index (χ1) is 10.2. The summed E-state index contributed by atoms with van der Waals surface area (Å²) in [6.07, 6.45) is 0.946. The summed E-state index contributed by atoms with van der Waals surface area (Å²) >= 11 is 0. The summed E-state index contributed by atoms with van der Waals surface area (Å²) in [4.78, 5) is 12.3.